The fraction of sp³-hybridized carbons (Fsp3) is 0.316. The lowest BCUT2D eigenvalue weighted by atomic mass is 10.1. The summed E-state index contributed by atoms with van der Waals surface area (Å²) in [6.07, 6.45) is 0. The summed E-state index contributed by atoms with van der Waals surface area (Å²) in [6, 6.07) is 8.70. The molecule has 5 heteroatoms. The molecule has 0 N–H and O–H groups in total. The third-order valence-corrected chi connectivity index (χ3v) is 5.55. The first-order chi connectivity index (χ1) is 11.3. The summed E-state index contributed by atoms with van der Waals surface area (Å²) < 4.78 is 2.19. The molecule has 0 saturated carbocycles. The van der Waals surface area contributed by atoms with Gasteiger partial charge >= 0.3 is 0 Å². The molecule has 4 nitrogen and oxygen atoms in total. The highest BCUT2D eigenvalue weighted by molar-refractivity contribution is 7.17. The topological polar surface area (TPSA) is 58.7 Å². The fourth-order valence-corrected chi connectivity index (χ4v) is 4.19. The van der Waals surface area contributed by atoms with Gasteiger partial charge in [0, 0.05) is 35.1 Å². The summed E-state index contributed by atoms with van der Waals surface area (Å²) >= 11 is 1.41. The van der Waals surface area contributed by atoms with Crippen LogP contribution in [0.4, 0.5) is 0 Å². The first-order valence-electron chi connectivity index (χ1n) is 7.88. The number of ketones is 1. The number of Topliss-reactive ketones (excluding diaryl/α,β-unsaturated/α-hetero) is 1. The lowest BCUT2D eigenvalue weighted by Crippen LogP contribution is -2.02. The number of fused-ring (bicyclic) bond motifs is 1. The number of aryl methyl sites for hydroxylation is 1. The van der Waals surface area contributed by atoms with Crippen molar-refractivity contribution in [1.29, 1.82) is 5.26 Å². The van der Waals surface area contributed by atoms with Gasteiger partial charge < -0.3 is 4.57 Å². The van der Waals surface area contributed by atoms with Gasteiger partial charge in [0.05, 0.1) is 16.1 Å². The van der Waals surface area contributed by atoms with Gasteiger partial charge in [-0.15, -0.1) is 11.3 Å². The normalized spacial score (nSPS) is 11.2. The van der Waals surface area contributed by atoms with Crippen molar-refractivity contribution in [2.75, 3.05) is 0 Å². The maximum atomic E-state index is 11.7. The van der Waals surface area contributed by atoms with Crippen molar-refractivity contribution in [1.82, 2.24) is 9.55 Å². The van der Waals surface area contributed by atoms with Crippen molar-refractivity contribution in [2.45, 2.75) is 40.7 Å². The van der Waals surface area contributed by atoms with Crippen LogP contribution in [0, 0.1) is 25.2 Å². The predicted molar refractivity (Wildman–Crippen MR) is 97.6 cm³/mol. The van der Waals surface area contributed by atoms with Crippen molar-refractivity contribution < 1.29 is 4.79 Å². The van der Waals surface area contributed by atoms with Crippen molar-refractivity contribution in [3.63, 3.8) is 0 Å². The standard InChI is InChI=1S/C19H19N3OS/c1-10(2)22-12(4)16(9-20)15-8-14(6-7-17(15)22)19-21-11(3)18(24-19)13(5)23/h6-8,10H,1-5H3. The quantitative estimate of drug-likeness (QED) is 0.629. The Morgan fingerprint density at radius 2 is 2.04 bits per heavy atom. The summed E-state index contributed by atoms with van der Waals surface area (Å²) in [5, 5.41) is 11.3. The molecule has 0 aliphatic heterocycles. The maximum Gasteiger partial charge on any atom is 0.171 e. The lowest BCUT2D eigenvalue weighted by molar-refractivity contribution is 0.102. The molecular weight excluding hydrogens is 318 g/mol. The summed E-state index contributed by atoms with van der Waals surface area (Å²) in [6.45, 7) is 9.64. The van der Waals surface area contributed by atoms with Gasteiger partial charge in [-0.3, -0.25) is 4.79 Å². The van der Waals surface area contributed by atoms with Crippen LogP contribution in [0.15, 0.2) is 18.2 Å². The Kier molecular flexibility index (Phi) is 4.02. The Hall–Kier alpha value is -2.45. The second kappa shape index (κ2) is 5.88. The monoisotopic (exact) mass is 337 g/mol. The first-order valence-corrected chi connectivity index (χ1v) is 8.70. The summed E-state index contributed by atoms with van der Waals surface area (Å²) in [4.78, 5) is 16.9. The van der Waals surface area contributed by atoms with E-state index in [4.69, 9.17) is 0 Å². The van der Waals surface area contributed by atoms with Crippen LogP contribution in [0.5, 0.6) is 0 Å². The number of hydrogen-bond donors (Lipinski definition) is 0. The van der Waals surface area contributed by atoms with Gasteiger partial charge in [-0.25, -0.2) is 4.98 Å². The zero-order chi connectivity index (χ0) is 17.6. The minimum Gasteiger partial charge on any atom is -0.341 e. The molecule has 0 spiro atoms. The van der Waals surface area contributed by atoms with Crippen LogP contribution in [0.1, 0.15) is 53.4 Å². The number of nitrogens with zero attached hydrogens (tertiary/aromatic N) is 3. The Labute approximate surface area is 145 Å². The summed E-state index contributed by atoms with van der Waals surface area (Å²) in [7, 11) is 0. The molecule has 0 aliphatic carbocycles. The molecule has 0 amide bonds. The zero-order valence-electron chi connectivity index (χ0n) is 14.5. The van der Waals surface area contributed by atoms with Gasteiger partial charge in [0.15, 0.2) is 5.78 Å². The van der Waals surface area contributed by atoms with Crippen molar-refractivity contribution in [3.05, 3.63) is 40.0 Å². The van der Waals surface area contributed by atoms with E-state index in [0.29, 0.717) is 10.4 Å². The van der Waals surface area contributed by atoms with Gasteiger partial charge in [-0.1, -0.05) is 0 Å². The molecule has 0 radical (unpaired) electrons. The Morgan fingerprint density at radius 1 is 1.33 bits per heavy atom. The number of rotatable bonds is 3. The van der Waals surface area contributed by atoms with Gasteiger partial charge in [-0.05, 0) is 45.9 Å². The third kappa shape index (κ3) is 2.44. The van der Waals surface area contributed by atoms with Gasteiger partial charge in [0.25, 0.3) is 0 Å². The average Bonchev–Trinajstić information content (AvgIpc) is 3.03. The molecule has 0 unspecified atom stereocenters. The molecule has 2 aromatic heterocycles. The number of hydrogen-bond acceptors (Lipinski definition) is 4. The molecule has 0 bridgehead atoms. The van der Waals surface area contributed by atoms with Crippen molar-refractivity contribution in [2.24, 2.45) is 0 Å². The number of carbonyl (C=O) groups excluding carboxylic acids is 1. The van der Waals surface area contributed by atoms with E-state index in [1.54, 1.807) is 6.92 Å². The lowest BCUT2D eigenvalue weighted by Gasteiger charge is -2.12. The number of aromatic nitrogens is 2. The van der Waals surface area contributed by atoms with E-state index in [0.717, 1.165) is 32.9 Å². The molecule has 0 saturated heterocycles. The molecule has 24 heavy (non-hydrogen) atoms. The van der Waals surface area contributed by atoms with E-state index >= 15 is 0 Å². The largest absolute Gasteiger partial charge is 0.341 e. The number of nitriles is 1. The van der Waals surface area contributed by atoms with Gasteiger partial charge in [0.2, 0.25) is 0 Å². The van der Waals surface area contributed by atoms with Crippen molar-refractivity contribution in [3.8, 4) is 16.6 Å². The van der Waals surface area contributed by atoms with Gasteiger partial charge in [-0.2, -0.15) is 5.26 Å². The molecule has 3 rings (SSSR count). The van der Waals surface area contributed by atoms with E-state index < -0.39 is 0 Å². The predicted octanol–water partition coefficient (Wildman–Crippen LogP) is 5.04. The van der Waals surface area contributed by atoms with Crippen LogP contribution in [-0.4, -0.2) is 15.3 Å². The number of benzene rings is 1. The van der Waals surface area contributed by atoms with E-state index in [1.165, 1.54) is 11.3 Å². The summed E-state index contributed by atoms with van der Waals surface area (Å²) in [5.41, 5.74) is 4.46. The van der Waals surface area contributed by atoms with E-state index in [-0.39, 0.29) is 11.8 Å². The van der Waals surface area contributed by atoms with Crippen LogP contribution in [0.25, 0.3) is 21.5 Å². The third-order valence-electron chi connectivity index (χ3n) is 4.24. The molecule has 122 valence electrons. The number of carbonyl (C=O) groups is 1. The van der Waals surface area contributed by atoms with Crippen LogP contribution < -0.4 is 0 Å². The van der Waals surface area contributed by atoms with E-state index in [9.17, 15) is 10.1 Å². The maximum absolute atomic E-state index is 11.7. The molecule has 0 atom stereocenters. The molecule has 0 fully saturated rings. The SMILES string of the molecule is CC(=O)c1sc(-c2ccc3c(c2)c(C#N)c(C)n3C(C)C)nc1C. The second-order valence-corrected chi connectivity index (χ2v) is 7.26. The highest BCUT2D eigenvalue weighted by Gasteiger charge is 2.18. The minimum absolute atomic E-state index is 0.0387. The minimum atomic E-state index is 0.0387. The highest BCUT2D eigenvalue weighted by atomic mass is 32.1. The zero-order valence-corrected chi connectivity index (χ0v) is 15.3. The summed E-state index contributed by atoms with van der Waals surface area (Å²) in [5.74, 6) is 0.0387. The van der Waals surface area contributed by atoms with Gasteiger partial charge in [0.1, 0.15) is 11.1 Å². The highest BCUT2D eigenvalue weighted by Crippen LogP contribution is 2.34. The number of thiazole rings is 1. The second-order valence-electron chi connectivity index (χ2n) is 6.26. The molecule has 1 aromatic carbocycles. The fourth-order valence-electron chi connectivity index (χ4n) is 3.23. The Bertz CT molecular complexity index is 1000. The van der Waals surface area contributed by atoms with E-state index in [2.05, 4.69) is 29.5 Å². The molecule has 3 aromatic rings. The average molecular weight is 337 g/mol. The smallest absolute Gasteiger partial charge is 0.171 e. The van der Waals surface area contributed by atoms with Crippen LogP contribution >= 0.6 is 11.3 Å². The molecular formula is C19H19N3OS. The van der Waals surface area contributed by atoms with E-state index in [1.807, 2.05) is 32.0 Å². The first kappa shape index (κ1) is 16.4. The van der Waals surface area contributed by atoms with Crippen LogP contribution in [-0.2, 0) is 0 Å². The Balaban J connectivity index is 2.24. The van der Waals surface area contributed by atoms with Crippen molar-refractivity contribution >= 4 is 28.0 Å². The molecule has 0 aliphatic rings. The van der Waals surface area contributed by atoms with Crippen LogP contribution in [0.3, 0.4) is 0 Å². The molecule has 2 heterocycles. The van der Waals surface area contributed by atoms with Crippen LogP contribution in [0.2, 0.25) is 0 Å². The Morgan fingerprint density at radius 3 is 2.58 bits per heavy atom.